The number of fused-ring (bicyclic) bond motifs is 1. The summed E-state index contributed by atoms with van der Waals surface area (Å²) in [6, 6.07) is 4.56. The fraction of sp³-hybridized carbons (Fsp3) is 0.278. The number of nitrogens with zero attached hydrogens (tertiary/aromatic N) is 6. The lowest BCUT2D eigenvalue weighted by molar-refractivity contribution is -0.150. The lowest BCUT2D eigenvalue weighted by atomic mass is 10.0. The number of tetrazole rings is 1. The van der Waals surface area contributed by atoms with Gasteiger partial charge in [-0.05, 0) is 28.1 Å². The van der Waals surface area contributed by atoms with Gasteiger partial charge in [0.05, 0.1) is 0 Å². The third-order valence-electron chi connectivity index (χ3n) is 4.93. The number of hydrogen-bond acceptors (Lipinski definition) is 11. The number of aryl methyl sites for hydroxylation is 1. The third kappa shape index (κ3) is 4.23. The largest absolute Gasteiger partial charge is 0.508 e. The molecule has 1 fully saturated rings. The number of aliphatic carboxylic acids is 1. The number of carbonyl (C=O) groups excluding carboxylic acids is 2. The van der Waals surface area contributed by atoms with Crippen LogP contribution < -0.4 is 5.32 Å². The van der Waals surface area contributed by atoms with Crippen LogP contribution in [-0.2, 0) is 21.4 Å². The molecule has 3 heterocycles. The molecule has 4 N–H and O–H groups in total. The smallest absolute Gasteiger partial charge is 0.352 e. The maximum atomic E-state index is 12.8. The Morgan fingerprint density at radius 1 is 1.39 bits per heavy atom. The zero-order chi connectivity index (χ0) is 23.7. The van der Waals surface area contributed by atoms with Gasteiger partial charge in [-0.25, -0.2) is 9.48 Å². The van der Waals surface area contributed by atoms with Crippen molar-refractivity contribution in [1.29, 1.82) is 0 Å². The summed E-state index contributed by atoms with van der Waals surface area (Å²) in [7, 11) is 1.66. The Hall–Kier alpha value is -3.59. The van der Waals surface area contributed by atoms with E-state index in [0.717, 1.165) is 4.90 Å². The maximum Gasteiger partial charge on any atom is 0.352 e. The molecule has 0 spiro atoms. The number of carboxylic acid groups (broad SMARTS) is 1. The zero-order valence-electron chi connectivity index (χ0n) is 16.9. The SMILES string of the molecule is Cn1nnnc1SCC1=C(C(=O)O)N2C(=O)C(NC(=O)/C(=N/O)c3cccc(O)c3)[C@H]2SC1. The van der Waals surface area contributed by atoms with Gasteiger partial charge in [0.2, 0.25) is 5.16 Å². The highest BCUT2D eigenvalue weighted by molar-refractivity contribution is 8.01. The third-order valence-corrected chi connectivity index (χ3v) is 7.36. The Bertz CT molecular complexity index is 1200. The summed E-state index contributed by atoms with van der Waals surface area (Å²) in [6.07, 6.45) is 0. The molecule has 33 heavy (non-hydrogen) atoms. The van der Waals surface area contributed by atoms with E-state index in [0.29, 0.717) is 16.5 Å². The number of aromatic hydroxyl groups is 1. The van der Waals surface area contributed by atoms with Crippen LogP contribution in [0.4, 0.5) is 0 Å². The normalized spacial score (nSPS) is 20.3. The lowest BCUT2D eigenvalue weighted by Crippen LogP contribution is -2.71. The van der Waals surface area contributed by atoms with E-state index >= 15 is 0 Å². The van der Waals surface area contributed by atoms with E-state index in [1.54, 1.807) is 7.05 Å². The van der Waals surface area contributed by atoms with Crippen LogP contribution in [0.5, 0.6) is 5.75 Å². The number of carboxylic acids is 1. The minimum Gasteiger partial charge on any atom is -0.508 e. The van der Waals surface area contributed by atoms with E-state index in [-0.39, 0.29) is 28.5 Å². The minimum absolute atomic E-state index is 0.124. The van der Waals surface area contributed by atoms with Gasteiger partial charge in [0.1, 0.15) is 22.9 Å². The zero-order valence-corrected chi connectivity index (χ0v) is 18.6. The first kappa shape index (κ1) is 22.6. The van der Waals surface area contributed by atoms with Crippen molar-refractivity contribution in [3.63, 3.8) is 0 Å². The predicted octanol–water partition coefficient (Wildman–Crippen LogP) is -0.375. The number of thioether (sulfide) groups is 2. The highest BCUT2D eigenvalue weighted by Gasteiger charge is 2.54. The maximum absolute atomic E-state index is 12.8. The van der Waals surface area contributed by atoms with E-state index in [1.165, 1.54) is 52.5 Å². The van der Waals surface area contributed by atoms with E-state index in [1.807, 2.05) is 0 Å². The molecule has 0 radical (unpaired) electrons. The van der Waals surface area contributed by atoms with Crippen LogP contribution >= 0.6 is 23.5 Å². The van der Waals surface area contributed by atoms with Gasteiger partial charge in [-0.15, -0.1) is 16.9 Å². The topological polar surface area (TPSA) is 183 Å². The number of aromatic nitrogens is 4. The van der Waals surface area contributed by atoms with Gasteiger partial charge in [-0.3, -0.25) is 14.5 Å². The molecule has 0 saturated carbocycles. The summed E-state index contributed by atoms with van der Waals surface area (Å²) >= 11 is 2.56. The average molecular weight is 492 g/mol. The molecular weight excluding hydrogens is 474 g/mol. The van der Waals surface area contributed by atoms with Gasteiger partial charge < -0.3 is 20.7 Å². The molecule has 15 heteroatoms. The molecule has 13 nitrogen and oxygen atoms in total. The number of phenolic OH excluding ortho intramolecular Hbond substituents is 1. The molecule has 2 aromatic rings. The molecular formula is C18H17N7O6S2. The number of phenols is 1. The van der Waals surface area contributed by atoms with Gasteiger partial charge >= 0.3 is 5.97 Å². The number of carbonyl (C=O) groups is 3. The van der Waals surface area contributed by atoms with Crippen molar-refractivity contribution < 1.29 is 29.8 Å². The van der Waals surface area contributed by atoms with Crippen LogP contribution in [0.3, 0.4) is 0 Å². The molecule has 2 aliphatic rings. The van der Waals surface area contributed by atoms with Crippen LogP contribution in [0.1, 0.15) is 5.56 Å². The van der Waals surface area contributed by atoms with Gasteiger partial charge in [0, 0.05) is 24.1 Å². The number of amides is 2. The van der Waals surface area contributed by atoms with E-state index in [4.69, 9.17) is 0 Å². The number of hydrogen-bond donors (Lipinski definition) is 4. The molecule has 1 saturated heterocycles. The summed E-state index contributed by atoms with van der Waals surface area (Å²) in [4.78, 5) is 38.5. The van der Waals surface area contributed by atoms with Gasteiger partial charge in [-0.1, -0.05) is 29.1 Å². The standard InChI is InChI=1S/C18H17N7O6S2/c1-24-18(20-22-23-24)33-7-9-6-32-16-12(15(28)25(16)13(9)17(29)30)19-14(27)11(21-31)8-3-2-4-10(26)5-8/h2-5,12,16,26,31H,6-7H2,1H3,(H,19,27)(H,29,30)/b21-11+/t12?,16-/m1/s1. The summed E-state index contributed by atoms with van der Waals surface area (Å²) in [5.41, 5.74) is 0.174. The second-order valence-corrected chi connectivity index (χ2v) is 9.04. The fourth-order valence-corrected chi connectivity index (χ4v) is 5.72. The van der Waals surface area contributed by atoms with E-state index in [9.17, 15) is 29.8 Å². The number of benzene rings is 1. The van der Waals surface area contributed by atoms with Crippen LogP contribution in [-0.4, -0.2) is 86.9 Å². The second kappa shape index (κ2) is 9.11. The van der Waals surface area contributed by atoms with Crippen molar-refractivity contribution in [3.8, 4) is 5.75 Å². The van der Waals surface area contributed by atoms with Crippen LogP contribution in [0.2, 0.25) is 0 Å². The summed E-state index contributed by atoms with van der Waals surface area (Å²) < 4.78 is 1.46. The first-order chi connectivity index (χ1) is 15.8. The number of oxime groups is 1. The number of β-lactam (4-membered cyclic amide) rings is 1. The average Bonchev–Trinajstić information content (AvgIpc) is 3.20. The molecule has 1 aromatic heterocycles. The van der Waals surface area contributed by atoms with Crippen molar-refractivity contribution in [1.82, 2.24) is 30.4 Å². The van der Waals surface area contributed by atoms with E-state index < -0.39 is 29.2 Å². The van der Waals surface area contributed by atoms with Crippen LogP contribution in [0.15, 0.2) is 45.8 Å². The first-order valence-electron chi connectivity index (χ1n) is 9.39. The summed E-state index contributed by atoms with van der Waals surface area (Å²) in [5.74, 6) is -2.20. The molecule has 2 aliphatic heterocycles. The Labute approximate surface area is 194 Å². The Balaban J connectivity index is 1.49. The van der Waals surface area contributed by atoms with Crippen molar-refractivity contribution in [2.45, 2.75) is 16.6 Å². The Morgan fingerprint density at radius 2 is 2.18 bits per heavy atom. The monoisotopic (exact) mass is 491 g/mol. The molecule has 2 amide bonds. The molecule has 2 atom stereocenters. The van der Waals surface area contributed by atoms with E-state index in [2.05, 4.69) is 26.0 Å². The summed E-state index contributed by atoms with van der Waals surface area (Å²) in [6.45, 7) is 0. The van der Waals surface area contributed by atoms with Crippen molar-refractivity contribution >= 4 is 47.0 Å². The van der Waals surface area contributed by atoms with Crippen LogP contribution in [0, 0.1) is 0 Å². The lowest BCUT2D eigenvalue weighted by Gasteiger charge is -2.49. The number of rotatable bonds is 7. The first-order valence-corrected chi connectivity index (χ1v) is 11.4. The molecule has 0 bridgehead atoms. The Kier molecular flexibility index (Phi) is 6.24. The molecule has 1 aromatic carbocycles. The van der Waals surface area contributed by atoms with Gasteiger partial charge in [-0.2, -0.15) is 0 Å². The van der Waals surface area contributed by atoms with Gasteiger partial charge in [0.15, 0.2) is 5.71 Å². The number of nitrogens with one attached hydrogen (secondary N) is 1. The molecule has 1 unspecified atom stereocenters. The highest BCUT2D eigenvalue weighted by atomic mass is 32.2. The predicted molar refractivity (Wildman–Crippen MR) is 116 cm³/mol. The summed E-state index contributed by atoms with van der Waals surface area (Å²) in [5, 5.41) is 45.1. The van der Waals surface area contributed by atoms with Crippen molar-refractivity contribution in [3.05, 3.63) is 41.1 Å². The van der Waals surface area contributed by atoms with Crippen molar-refractivity contribution in [2.75, 3.05) is 11.5 Å². The quantitative estimate of drug-likeness (QED) is 0.130. The molecule has 172 valence electrons. The Morgan fingerprint density at radius 3 is 2.82 bits per heavy atom. The minimum atomic E-state index is -1.25. The van der Waals surface area contributed by atoms with Crippen molar-refractivity contribution in [2.24, 2.45) is 12.2 Å². The molecule has 0 aliphatic carbocycles. The highest BCUT2D eigenvalue weighted by Crippen LogP contribution is 2.41. The molecule has 4 rings (SSSR count). The van der Waals surface area contributed by atoms with Crippen LogP contribution in [0.25, 0.3) is 0 Å². The van der Waals surface area contributed by atoms with Gasteiger partial charge in [0.25, 0.3) is 11.8 Å². The second-order valence-electron chi connectivity index (χ2n) is 6.99. The fourth-order valence-electron chi connectivity index (χ4n) is 3.39.